The maximum absolute atomic E-state index is 5.87. The van der Waals surface area contributed by atoms with Crippen molar-refractivity contribution >= 4 is 0 Å². The molecule has 2 heterocycles. The zero-order valence-electron chi connectivity index (χ0n) is 14.1. The number of ether oxygens (including phenoxy) is 1. The largest absolute Gasteiger partial charge is 0.378 e. The monoisotopic (exact) mass is 293 g/mol. The molecule has 1 aliphatic heterocycles. The third kappa shape index (κ3) is 3.86. The minimum Gasteiger partial charge on any atom is -0.378 e. The second kappa shape index (κ2) is 7.41. The van der Waals surface area contributed by atoms with Crippen LogP contribution in [0.2, 0.25) is 0 Å². The summed E-state index contributed by atoms with van der Waals surface area (Å²) in [7, 11) is 0. The molecule has 1 fully saturated rings. The van der Waals surface area contributed by atoms with Gasteiger partial charge < -0.3 is 10.1 Å². The SMILES string of the molecule is CCCNCC1(Cc2ccn(C(C)CC)n2)CCOC1C. The van der Waals surface area contributed by atoms with Crippen molar-refractivity contribution < 1.29 is 4.74 Å². The van der Waals surface area contributed by atoms with Gasteiger partial charge in [-0.25, -0.2) is 0 Å². The van der Waals surface area contributed by atoms with Crippen LogP contribution in [-0.2, 0) is 11.2 Å². The molecule has 2 rings (SSSR count). The fourth-order valence-electron chi connectivity index (χ4n) is 3.12. The number of nitrogens with one attached hydrogen (secondary N) is 1. The first-order chi connectivity index (χ1) is 10.1. The summed E-state index contributed by atoms with van der Waals surface area (Å²) in [4.78, 5) is 0. The Morgan fingerprint density at radius 3 is 2.95 bits per heavy atom. The van der Waals surface area contributed by atoms with E-state index in [1.54, 1.807) is 0 Å². The smallest absolute Gasteiger partial charge is 0.0631 e. The molecule has 1 aromatic heterocycles. The summed E-state index contributed by atoms with van der Waals surface area (Å²) in [6, 6.07) is 2.66. The van der Waals surface area contributed by atoms with E-state index in [9.17, 15) is 0 Å². The molecule has 4 heteroatoms. The maximum Gasteiger partial charge on any atom is 0.0631 e. The van der Waals surface area contributed by atoms with E-state index >= 15 is 0 Å². The van der Waals surface area contributed by atoms with E-state index in [1.165, 1.54) is 12.1 Å². The van der Waals surface area contributed by atoms with Crippen LogP contribution in [0.5, 0.6) is 0 Å². The third-order valence-corrected chi connectivity index (χ3v) is 4.97. The van der Waals surface area contributed by atoms with Gasteiger partial charge in [-0.1, -0.05) is 13.8 Å². The molecule has 0 bridgehead atoms. The standard InChI is InChI=1S/C17H31N3O/c1-5-9-18-13-17(8-11-21-15(17)4)12-16-7-10-20(19-16)14(3)6-2/h7,10,14-15,18H,5-6,8-9,11-13H2,1-4H3. The second-order valence-electron chi connectivity index (χ2n) is 6.52. The highest BCUT2D eigenvalue weighted by Crippen LogP contribution is 2.37. The Morgan fingerprint density at radius 1 is 1.52 bits per heavy atom. The summed E-state index contributed by atoms with van der Waals surface area (Å²) >= 11 is 0. The van der Waals surface area contributed by atoms with Gasteiger partial charge in [0.05, 0.1) is 11.8 Å². The van der Waals surface area contributed by atoms with Crippen LogP contribution >= 0.6 is 0 Å². The Bertz CT molecular complexity index is 431. The van der Waals surface area contributed by atoms with Crippen molar-refractivity contribution in [3.63, 3.8) is 0 Å². The third-order valence-electron chi connectivity index (χ3n) is 4.97. The van der Waals surface area contributed by atoms with Crippen molar-refractivity contribution in [2.75, 3.05) is 19.7 Å². The lowest BCUT2D eigenvalue weighted by molar-refractivity contribution is 0.0625. The van der Waals surface area contributed by atoms with Gasteiger partial charge in [0.25, 0.3) is 0 Å². The van der Waals surface area contributed by atoms with Crippen LogP contribution in [0.1, 0.15) is 58.7 Å². The van der Waals surface area contributed by atoms with E-state index in [0.717, 1.165) is 39.0 Å². The van der Waals surface area contributed by atoms with Gasteiger partial charge in [-0.3, -0.25) is 4.68 Å². The number of hydrogen-bond donors (Lipinski definition) is 1. The first-order valence-electron chi connectivity index (χ1n) is 8.47. The van der Waals surface area contributed by atoms with Gasteiger partial charge in [-0.05, 0) is 45.7 Å². The molecule has 0 aliphatic carbocycles. The molecule has 0 amide bonds. The van der Waals surface area contributed by atoms with Gasteiger partial charge in [0.15, 0.2) is 0 Å². The lowest BCUT2D eigenvalue weighted by Crippen LogP contribution is -2.41. The molecule has 4 nitrogen and oxygen atoms in total. The van der Waals surface area contributed by atoms with Crippen molar-refractivity contribution in [1.29, 1.82) is 0 Å². The summed E-state index contributed by atoms with van der Waals surface area (Å²) in [6.07, 6.45) is 6.85. The first kappa shape index (κ1) is 16.5. The molecule has 0 radical (unpaired) electrons. The lowest BCUT2D eigenvalue weighted by atomic mass is 9.77. The fraction of sp³-hybridized carbons (Fsp3) is 0.824. The van der Waals surface area contributed by atoms with Crippen molar-refractivity contribution in [1.82, 2.24) is 15.1 Å². The topological polar surface area (TPSA) is 39.1 Å². The van der Waals surface area contributed by atoms with Crippen molar-refractivity contribution in [3.8, 4) is 0 Å². The van der Waals surface area contributed by atoms with Crippen LogP contribution < -0.4 is 5.32 Å². The molecule has 3 atom stereocenters. The molecule has 0 saturated carbocycles. The minimum absolute atomic E-state index is 0.198. The van der Waals surface area contributed by atoms with E-state index in [-0.39, 0.29) is 5.41 Å². The number of aromatic nitrogens is 2. The predicted octanol–water partition coefficient (Wildman–Crippen LogP) is 3.19. The maximum atomic E-state index is 5.87. The number of nitrogens with zero attached hydrogens (tertiary/aromatic N) is 2. The molecule has 1 saturated heterocycles. The Labute approximate surface area is 129 Å². The van der Waals surface area contributed by atoms with Crippen molar-refractivity contribution in [2.24, 2.45) is 5.41 Å². The zero-order valence-corrected chi connectivity index (χ0v) is 14.1. The van der Waals surface area contributed by atoms with Gasteiger partial charge in [-0.15, -0.1) is 0 Å². The average Bonchev–Trinajstić information content (AvgIpc) is 3.07. The number of hydrogen-bond acceptors (Lipinski definition) is 3. The Kier molecular flexibility index (Phi) is 5.82. The normalized spacial score (nSPS) is 27.1. The quantitative estimate of drug-likeness (QED) is 0.748. The van der Waals surface area contributed by atoms with Gasteiger partial charge >= 0.3 is 0 Å². The van der Waals surface area contributed by atoms with Crippen LogP contribution in [0, 0.1) is 5.41 Å². The summed E-state index contributed by atoms with van der Waals surface area (Å²) in [5, 5.41) is 8.38. The van der Waals surface area contributed by atoms with Gasteiger partial charge in [0.2, 0.25) is 0 Å². The zero-order chi connectivity index (χ0) is 15.3. The highest BCUT2D eigenvalue weighted by atomic mass is 16.5. The molecule has 1 aliphatic rings. The average molecular weight is 293 g/mol. The summed E-state index contributed by atoms with van der Waals surface area (Å²) in [5.41, 5.74) is 1.40. The van der Waals surface area contributed by atoms with Crippen molar-refractivity contribution in [2.45, 2.75) is 65.5 Å². The molecule has 1 aromatic rings. The predicted molar refractivity (Wildman–Crippen MR) is 86.6 cm³/mol. The molecule has 21 heavy (non-hydrogen) atoms. The van der Waals surface area contributed by atoms with Crippen LogP contribution in [0.15, 0.2) is 12.3 Å². The van der Waals surface area contributed by atoms with Crippen molar-refractivity contribution in [3.05, 3.63) is 18.0 Å². The Balaban J connectivity index is 2.06. The molecule has 3 unspecified atom stereocenters. The Hall–Kier alpha value is -0.870. The van der Waals surface area contributed by atoms with E-state index < -0.39 is 0 Å². The van der Waals surface area contributed by atoms with E-state index in [1.807, 2.05) is 0 Å². The minimum atomic E-state index is 0.198. The first-order valence-corrected chi connectivity index (χ1v) is 8.47. The molecular formula is C17H31N3O. The molecule has 0 aromatic carbocycles. The molecular weight excluding hydrogens is 262 g/mol. The second-order valence-corrected chi connectivity index (χ2v) is 6.52. The summed E-state index contributed by atoms with van der Waals surface area (Å²) < 4.78 is 7.97. The van der Waals surface area contributed by atoms with Gasteiger partial charge in [0.1, 0.15) is 0 Å². The van der Waals surface area contributed by atoms with Gasteiger partial charge in [0, 0.05) is 37.2 Å². The van der Waals surface area contributed by atoms with Crippen LogP contribution in [0.3, 0.4) is 0 Å². The highest BCUT2D eigenvalue weighted by Gasteiger charge is 2.41. The lowest BCUT2D eigenvalue weighted by Gasteiger charge is -2.32. The van der Waals surface area contributed by atoms with E-state index in [4.69, 9.17) is 9.84 Å². The van der Waals surface area contributed by atoms with Crippen LogP contribution in [0.25, 0.3) is 0 Å². The highest BCUT2D eigenvalue weighted by molar-refractivity contribution is 5.07. The molecule has 1 N–H and O–H groups in total. The summed E-state index contributed by atoms with van der Waals surface area (Å²) in [6.45, 7) is 11.8. The number of rotatable bonds is 8. The summed E-state index contributed by atoms with van der Waals surface area (Å²) in [5.74, 6) is 0. The Morgan fingerprint density at radius 2 is 2.33 bits per heavy atom. The molecule has 0 spiro atoms. The van der Waals surface area contributed by atoms with E-state index in [2.05, 4.69) is 50.0 Å². The van der Waals surface area contributed by atoms with Crippen LogP contribution in [-0.4, -0.2) is 35.6 Å². The van der Waals surface area contributed by atoms with Crippen LogP contribution in [0.4, 0.5) is 0 Å². The fourth-order valence-corrected chi connectivity index (χ4v) is 3.12. The van der Waals surface area contributed by atoms with Gasteiger partial charge in [-0.2, -0.15) is 5.10 Å². The molecule has 120 valence electrons. The van der Waals surface area contributed by atoms with E-state index in [0.29, 0.717) is 12.1 Å².